The van der Waals surface area contributed by atoms with E-state index in [4.69, 9.17) is 13.8 Å². The molecule has 0 aromatic heterocycles. The number of alkyl carbamates (subject to hydrolysis) is 1. The molecule has 0 aliphatic carbocycles. The second kappa shape index (κ2) is 17.8. The highest BCUT2D eigenvalue weighted by Crippen LogP contribution is 2.38. The van der Waals surface area contributed by atoms with Crippen molar-refractivity contribution in [2.24, 2.45) is 0 Å². The van der Waals surface area contributed by atoms with Crippen LogP contribution in [0.1, 0.15) is 84.5 Å². The van der Waals surface area contributed by atoms with Crippen LogP contribution in [-0.4, -0.2) is 64.1 Å². The lowest BCUT2D eigenvalue weighted by molar-refractivity contribution is -0.870. The fourth-order valence-corrected chi connectivity index (χ4v) is 3.74. The number of hydrogen-bond donors (Lipinski definition) is 1. The molecular weight excluding hydrogens is 419 g/mol. The number of ether oxygens (including phenoxy) is 1. The zero-order valence-electron chi connectivity index (χ0n) is 20.5. The molecule has 0 saturated carbocycles. The molecule has 2 atom stereocenters. The summed E-state index contributed by atoms with van der Waals surface area (Å²) in [4.78, 5) is 23.8. The van der Waals surface area contributed by atoms with Gasteiger partial charge in [0.1, 0.15) is 19.3 Å². The average Bonchev–Trinajstić information content (AvgIpc) is 2.66. The minimum atomic E-state index is -4.43. The lowest BCUT2D eigenvalue weighted by Crippen LogP contribution is -2.37. The summed E-state index contributed by atoms with van der Waals surface area (Å²) in [6.45, 7) is 4.82. The topological polar surface area (TPSA) is 96.9 Å². The molecule has 0 fully saturated rings. The Kier molecular flexibility index (Phi) is 17.5. The van der Waals surface area contributed by atoms with Crippen LogP contribution >= 0.6 is 7.82 Å². The molecule has 0 rings (SSSR count). The highest BCUT2D eigenvalue weighted by atomic mass is 31.2. The third-order valence-corrected chi connectivity index (χ3v) is 5.87. The highest BCUT2D eigenvalue weighted by molar-refractivity contribution is 7.45. The minimum Gasteiger partial charge on any atom is -0.756 e. The van der Waals surface area contributed by atoms with Crippen molar-refractivity contribution in [3.8, 4) is 0 Å². The first kappa shape index (κ1) is 30.3. The van der Waals surface area contributed by atoms with Crippen LogP contribution in [0.25, 0.3) is 0 Å². The maximum Gasteiger partial charge on any atom is 0.407 e. The highest BCUT2D eigenvalue weighted by Gasteiger charge is 2.19. The predicted molar refractivity (Wildman–Crippen MR) is 123 cm³/mol. The van der Waals surface area contributed by atoms with Gasteiger partial charge in [0, 0.05) is 6.54 Å². The van der Waals surface area contributed by atoms with Crippen LogP contribution < -0.4 is 10.2 Å². The zero-order valence-corrected chi connectivity index (χ0v) is 21.4. The van der Waals surface area contributed by atoms with Gasteiger partial charge in [0.25, 0.3) is 7.82 Å². The maximum absolute atomic E-state index is 12.0. The van der Waals surface area contributed by atoms with Crippen LogP contribution in [0.15, 0.2) is 0 Å². The number of nitrogens with one attached hydrogen (secondary N) is 1. The number of unbranched alkanes of at least 4 members (excludes halogenated alkanes) is 9. The quantitative estimate of drug-likeness (QED) is 0.160. The Bertz CT molecular complexity index is 499. The number of carbonyl (C=O) groups is 1. The van der Waals surface area contributed by atoms with E-state index in [1.54, 1.807) is 6.92 Å². The van der Waals surface area contributed by atoms with E-state index in [1.165, 1.54) is 44.9 Å². The van der Waals surface area contributed by atoms with Crippen molar-refractivity contribution in [1.82, 2.24) is 5.32 Å². The van der Waals surface area contributed by atoms with Crippen molar-refractivity contribution in [3.63, 3.8) is 0 Å². The van der Waals surface area contributed by atoms with Gasteiger partial charge in [-0.15, -0.1) is 0 Å². The maximum atomic E-state index is 12.0. The first-order valence-corrected chi connectivity index (χ1v) is 13.4. The number of phosphoric acid groups is 1. The molecule has 0 saturated heterocycles. The molecule has 8 nitrogen and oxygen atoms in total. The normalized spacial score (nSPS) is 14.8. The van der Waals surface area contributed by atoms with Crippen LogP contribution in [-0.2, 0) is 18.3 Å². The molecule has 0 heterocycles. The molecule has 1 amide bonds. The lowest BCUT2D eigenvalue weighted by Gasteiger charge is -2.28. The Morgan fingerprint density at radius 1 is 0.935 bits per heavy atom. The third-order valence-electron chi connectivity index (χ3n) is 4.90. The summed E-state index contributed by atoms with van der Waals surface area (Å²) < 4.78 is 27.8. The number of phosphoric ester groups is 1. The molecule has 186 valence electrons. The Morgan fingerprint density at radius 2 is 1.48 bits per heavy atom. The summed E-state index contributed by atoms with van der Waals surface area (Å²) in [5.74, 6) is 0. The van der Waals surface area contributed by atoms with Crippen LogP contribution in [0, 0.1) is 0 Å². The predicted octanol–water partition coefficient (Wildman–Crippen LogP) is 4.62. The monoisotopic (exact) mass is 466 g/mol. The second-order valence-corrected chi connectivity index (χ2v) is 10.5. The van der Waals surface area contributed by atoms with E-state index in [0.29, 0.717) is 24.0 Å². The van der Waals surface area contributed by atoms with Gasteiger partial charge >= 0.3 is 6.09 Å². The molecular formula is C22H47N2O6P. The Labute approximate surface area is 190 Å². The van der Waals surface area contributed by atoms with E-state index >= 15 is 0 Å². The Hall–Kier alpha value is -0.660. The number of hydrogen-bond acceptors (Lipinski definition) is 6. The number of nitrogens with zero attached hydrogens (tertiary/aromatic N) is 1. The van der Waals surface area contributed by atoms with Gasteiger partial charge in [-0.3, -0.25) is 4.57 Å². The van der Waals surface area contributed by atoms with Gasteiger partial charge < -0.3 is 28.5 Å². The Balaban J connectivity index is 4.22. The number of quaternary nitrogens is 1. The molecule has 0 aromatic rings. The summed E-state index contributed by atoms with van der Waals surface area (Å²) in [6.07, 6.45) is 11.4. The fourth-order valence-electron chi connectivity index (χ4n) is 3.01. The molecule has 9 heteroatoms. The van der Waals surface area contributed by atoms with Crippen LogP contribution in [0.5, 0.6) is 0 Å². The molecule has 0 aliphatic heterocycles. The van der Waals surface area contributed by atoms with Crippen molar-refractivity contribution in [3.05, 3.63) is 0 Å². The van der Waals surface area contributed by atoms with E-state index in [1.807, 2.05) is 21.1 Å². The van der Waals surface area contributed by atoms with Crippen molar-refractivity contribution in [2.75, 3.05) is 47.4 Å². The molecule has 2 unspecified atom stereocenters. The van der Waals surface area contributed by atoms with Crippen LogP contribution in [0.4, 0.5) is 4.79 Å². The molecule has 0 radical (unpaired) electrons. The van der Waals surface area contributed by atoms with Gasteiger partial charge in [0.15, 0.2) is 0 Å². The van der Waals surface area contributed by atoms with E-state index in [-0.39, 0.29) is 13.2 Å². The molecule has 0 aliphatic rings. The van der Waals surface area contributed by atoms with Gasteiger partial charge in [0.05, 0.1) is 27.7 Å². The standard InChI is InChI=1S/C22H47N2O6P/c1-6-8-9-10-11-12-13-14-15-16-17-21(30-22(25)23-7-2)20-29-31(26,27)28-19-18-24(3,4)5/h21H,6-20H2,1-5H3,(H-,23,25,26,27). The van der Waals surface area contributed by atoms with E-state index < -0.39 is 20.0 Å². The van der Waals surface area contributed by atoms with Crippen LogP contribution in [0.2, 0.25) is 0 Å². The minimum absolute atomic E-state index is 0.0462. The molecule has 0 bridgehead atoms. The fraction of sp³-hybridized carbons (Fsp3) is 0.955. The number of likely N-dealkylation sites (N-methyl/N-ethyl adjacent to an activating group) is 1. The molecule has 0 spiro atoms. The smallest absolute Gasteiger partial charge is 0.407 e. The van der Waals surface area contributed by atoms with Gasteiger partial charge in [-0.2, -0.15) is 0 Å². The zero-order chi connectivity index (χ0) is 23.6. The molecule has 31 heavy (non-hydrogen) atoms. The molecule has 1 N–H and O–H groups in total. The number of rotatable bonds is 20. The second-order valence-electron chi connectivity index (χ2n) is 9.12. The third kappa shape index (κ3) is 21.0. The first-order valence-electron chi connectivity index (χ1n) is 11.9. The number of carbonyl (C=O) groups excluding carboxylic acids is 1. The van der Waals surface area contributed by atoms with Crippen molar-refractivity contribution < 1.29 is 32.5 Å². The van der Waals surface area contributed by atoms with Crippen molar-refractivity contribution in [1.29, 1.82) is 0 Å². The summed E-state index contributed by atoms with van der Waals surface area (Å²) in [6, 6.07) is 0. The lowest BCUT2D eigenvalue weighted by atomic mass is 10.0. The summed E-state index contributed by atoms with van der Waals surface area (Å²) in [5.41, 5.74) is 0. The average molecular weight is 467 g/mol. The van der Waals surface area contributed by atoms with Crippen molar-refractivity contribution in [2.45, 2.75) is 90.6 Å². The van der Waals surface area contributed by atoms with E-state index in [2.05, 4.69) is 12.2 Å². The van der Waals surface area contributed by atoms with Crippen LogP contribution in [0.3, 0.4) is 0 Å². The van der Waals surface area contributed by atoms with Gasteiger partial charge in [-0.25, -0.2) is 4.79 Å². The Morgan fingerprint density at radius 3 is 2.00 bits per heavy atom. The van der Waals surface area contributed by atoms with Gasteiger partial charge in [-0.1, -0.05) is 64.7 Å². The van der Waals surface area contributed by atoms with Gasteiger partial charge in [0.2, 0.25) is 0 Å². The molecule has 0 aromatic carbocycles. The summed E-state index contributed by atoms with van der Waals surface area (Å²) in [5, 5.41) is 2.57. The summed E-state index contributed by atoms with van der Waals surface area (Å²) >= 11 is 0. The number of amides is 1. The van der Waals surface area contributed by atoms with E-state index in [0.717, 1.165) is 19.3 Å². The SMILES string of the molecule is CCCCCCCCCCCCC(COP(=O)([O-])OCC[N+](C)(C)C)OC(=O)NCC. The summed E-state index contributed by atoms with van der Waals surface area (Å²) in [7, 11) is 1.41. The largest absolute Gasteiger partial charge is 0.756 e. The van der Waals surface area contributed by atoms with E-state index in [9.17, 15) is 14.3 Å². The van der Waals surface area contributed by atoms with Gasteiger partial charge in [-0.05, 0) is 19.8 Å². The first-order chi connectivity index (χ1) is 14.6. The van der Waals surface area contributed by atoms with Crippen molar-refractivity contribution >= 4 is 13.9 Å².